The lowest BCUT2D eigenvalue weighted by Crippen LogP contribution is -2.33. The van der Waals surface area contributed by atoms with Crippen LogP contribution < -0.4 is 15.4 Å². The van der Waals surface area contributed by atoms with Crippen LogP contribution in [0.5, 0.6) is 5.75 Å². The van der Waals surface area contributed by atoms with Crippen molar-refractivity contribution in [1.29, 1.82) is 0 Å². The van der Waals surface area contributed by atoms with Crippen LogP contribution in [0.2, 0.25) is 5.02 Å². The normalized spacial score (nSPS) is 19.9. The Morgan fingerprint density at radius 2 is 2.18 bits per heavy atom. The predicted molar refractivity (Wildman–Crippen MR) is 130 cm³/mol. The van der Waals surface area contributed by atoms with Crippen molar-refractivity contribution in [2.75, 3.05) is 38.3 Å². The van der Waals surface area contributed by atoms with Crippen molar-refractivity contribution in [3.05, 3.63) is 58.5 Å². The first-order chi connectivity index (χ1) is 16.5. The Kier molecular flexibility index (Phi) is 6.45. The number of hydrogen-bond donors (Lipinski definition) is 3. The molecule has 1 fully saturated rings. The minimum atomic E-state index is -0.142. The summed E-state index contributed by atoms with van der Waals surface area (Å²) in [6, 6.07) is 7.55. The molecule has 9 heteroatoms. The molecule has 0 radical (unpaired) electrons. The summed E-state index contributed by atoms with van der Waals surface area (Å²) in [4.78, 5) is 20.8. The number of nitrogens with one attached hydrogen (secondary N) is 3. The van der Waals surface area contributed by atoms with Crippen LogP contribution in [0, 0.1) is 6.92 Å². The Morgan fingerprint density at radius 1 is 1.29 bits per heavy atom. The minimum Gasteiger partial charge on any atom is -0.488 e. The second-order valence-corrected chi connectivity index (χ2v) is 8.97. The number of carbonyl (C=O) groups is 1. The molecule has 0 aliphatic carbocycles. The summed E-state index contributed by atoms with van der Waals surface area (Å²) < 4.78 is 17.3. The van der Waals surface area contributed by atoms with Crippen LogP contribution in [0.25, 0.3) is 11.3 Å². The van der Waals surface area contributed by atoms with E-state index in [1.54, 1.807) is 12.4 Å². The zero-order valence-corrected chi connectivity index (χ0v) is 19.9. The number of rotatable bonds is 6. The van der Waals surface area contributed by atoms with E-state index < -0.39 is 0 Å². The Balaban J connectivity index is 1.57. The lowest BCUT2D eigenvalue weighted by Gasteiger charge is -2.23. The van der Waals surface area contributed by atoms with E-state index in [-0.39, 0.29) is 17.9 Å². The number of nitrogens with zero attached hydrogens (tertiary/aromatic N) is 1. The van der Waals surface area contributed by atoms with Crippen LogP contribution in [-0.2, 0) is 9.47 Å². The molecule has 178 valence electrons. The fourth-order valence-corrected chi connectivity index (χ4v) is 4.46. The molecule has 1 amide bonds. The largest absolute Gasteiger partial charge is 0.488 e. The molecule has 2 aliphatic heterocycles. The number of ether oxygens (including phenoxy) is 3. The van der Waals surface area contributed by atoms with Gasteiger partial charge >= 0.3 is 0 Å². The van der Waals surface area contributed by atoms with Gasteiger partial charge in [-0.1, -0.05) is 24.6 Å². The van der Waals surface area contributed by atoms with Gasteiger partial charge in [0, 0.05) is 40.6 Å². The number of carbonyl (C=O) groups excluding carboxylic acids is 1. The number of aromatic amines is 1. The summed E-state index contributed by atoms with van der Waals surface area (Å²) in [6.45, 7) is 6.58. The quantitative estimate of drug-likeness (QED) is 0.481. The summed E-state index contributed by atoms with van der Waals surface area (Å²) in [6.07, 6.45) is 3.24. The van der Waals surface area contributed by atoms with E-state index in [1.807, 2.05) is 31.2 Å². The molecule has 2 aromatic heterocycles. The van der Waals surface area contributed by atoms with Crippen LogP contribution in [0.4, 0.5) is 11.4 Å². The number of amides is 1. The Morgan fingerprint density at radius 3 is 3.00 bits per heavy atom. The average molecular weight is 483 g/mol. The molecule has 2 aliphatic rings. The zero-order chi connectivity index (χ0) is 23.7. The summed E-state index contributed by atoms with van der Waals surface area (Å²) in [5.74, 6) is 0.595. The standard InChI is InChI=1S/C25H27ClN4O4/c1-14-10-28-25(31)21-22(14)30-23(24(21)29-19-5-3-4-18(26)15(19)2)17-6-7-27-11-20(17)34-13-16-12-32-8-9-33-16/h3-7,11,14,16,29-30H,8-10,12-13H2,1-2H3,(H,28,31). The van der Waals surface area contributed by atoms with Crippen molar-refractivity contribution >= 4 is 28.9 Å². The van der Waals surface area contributed by atoms with Gasteiger partial charge in [0.15, 0.2) is 0 Å². The SMILES string of the molecule is Cc1c(Cl)cccc1Nc1c(-c2ccncc2OCC2COCCO2)[nH]c2c1C(=O)NCC2C. The first-order valence-corrected chi connectivity index (χ1v) is 11.7. The molecule has 2 unspecified atom stereocenters. The number of hydrogen-bond acceptors (Lipinski definition) is 6. The maximum absolute atomic E-state index is 13.0. The number of pyridine rings is 1. The van der Waals surface area contributed by atoms with E-state index in [0.717, 1.165) is 28.2 Å². The van der Waals surface area contributed by atoms with E-state index in [0.29, 0.717) is 55.0 Å². The summed E-state index contributed by atoms with van der Waals surface area (Å²) >= 11 is 6.37. The maximum Gasteiger partial charge on any atom is 0.255 e. The summed E-state index contributed by atoms with van der Waals surface area (Å²) in [7, 11) is 0. The van der Waals surface area contributed by atoms with Crippen LogP contribution in [0.3, 0.4) is 0 Å². The number of anilines is 2. The van der Waals surface area contributed by atoms with E-state index in [1.165, 1.54) is 0 Å². The highest BCUT2D eigenvalue weighted by Gasteiger charge is 2.32. The highest BCUT2D eigenvalue weighted by Crippen LogP contribution is 2.42. The second-order valence-electron chi connectivity index (χ2n) is 8.56. The molecule has 0 saturated carbocycles. The van der Waals surface area contributed by atoms with Gasteiger partial charge in [0.25, 0.3) is 5.91 Å². The predicted octanol–water partition coefficient (Wildman–Crippen LogP) is 4.42. The maximum atomic E-state index is 13.0. The van der Waals surface area contributed by atoms with Crippen molar-refractivity contribution in [2.24, 2.45) is 0 Å². The highest BCUT2D eigenvalue weighted by atomic mass is 35.5. The smallest absolute Gasteiger partial charge is 0.255 e. The third kappa shape index (κ3) is 4.36. The first kappa shape index (κ1) is 22.7. The molecule has 2 atom stereocenters. The van der Waals surface area contributed by atoms with Crippen LogP contribution in [0.1, 0.15) is 34.5 Å². The Labute approximate surface area is 203 Å². The van der Waals surface area contributed by atoms with Crippen molar-refractivity contribution in [1.82, 2.24) is 15.3 Å². The van der Waals surface area contributed by atoms with Crippen LogP contribution in [0.15, 0.2) is 36.7 Å². The number of fused-ring (bicyclic) bond motifs is 1. The topological polar surface area (TPSA) is 97.5 Å². The van der Waals surface area contributed by atoms with Gasteiger partial charge in [-0.15, -0.1) is 0 Å². The van der Waals surface area contributed by atoms with Gasteiger partial charge in [-0.3, -0.25) is 9.78 Å². The second kappa shape index (κ2) is 9.66. The molecule has 3 N–H and O–H groups in total. The van der Waals surface area contributed by atoms with Gasteiger partial charge in [-0.05, 0) is 30.7 Å². The van der Waals surface area contributed by atoms with Gasteiger partial charge in [0.05, 0.1) is 43.0 Å². The molecule has 5 rings (SSSR count). The van der Waals surface area contributed by atoms with Gasteiger partial charge in [-0.25, -0.2) is 0 Å². The molecule has 0 spiro atoms. The third-order valence-corrected chi connectivity index (χ3v) is 6.62. The number of aromatic nitrogens is 2. The molecule has 3 aromatic rings. The lowest BCUT2D eigenvalue weighted by molar-refractivity contribution is -0.101. The van der Waals surface area contributed by atoms with E-state index >= 15 is 0 Å². The lowest BCUT2D eigenvalue weighted by atomic mass is 9.98. The van der Waals surface area contributed by atoms with E-state index in [2.05, 4.69) is 27.5 Å². The van der Waals surface area contributed by atoms with Crippen molar-refractivity contribution < 1.29 is 19.0 Å². The first-order valence-electron chi connectivity index (χ1n) is 11.4. The van der Waals surface area contributed by atoms with Gasteiger partial charge in [-0.2, -0.15) is 0 Å². The van der Waals surface area contributed by atoms with E-state index in [9.17, 15) is 4.79 Å². The van der Waals surface area contributed by atoms with Crippen LogP contribution in [-0.4, -0.2) is 55.0 Å². The number of halogens is 1. The summed E-state index contributed by atoms with van der Waals surface area (Å²) in [5.41, 5.74) is 5.43. The average Bonchev–Trinajstić information content (AvgIpc) is 3.24. The minimum absolute atomic E-state index is 0.123. The third-order valence-electron chi connectivity index (χ3n) is 6.21. The summed E-state index contributed by atoms with van der Waals surface area (Å²) in [5, 5.41) is 7.11. The fourth-order valence-electron chi connectivity index (χ4n) is 4.28. The molecular weight excluding hydrogens is 456 g/mol. The molecule has 1 aromatic carbocycles. The van der Waals surface area contributed by atoms with Crippen molar-refractivity contribution in [3.63, 3.8) is 0 Å². The zero-order valence-electron chi connectivity index (χ0n) is 19.1. The molecule has 1 saturated heterocycles. The van der Waals surface area contributed by atoms with Gasteiger partial charge in [0.1, 0.15) is 18.5 Å². The van der Waals surface area contributed by atoms with Crippen molar-refractivity contribution in [3.8, 4) is 17.0 Å². The van der Waals surface area contributed by atoms with Gasteiger partial charge in [0.2, 0.25) is 0 Å². The van der Waals surface area contributed by atoms with Crippen molar-refractivity contribution in [2.45, 2.75) is 25.9 Å². The van der Waals surface area contributed by atoms with Crippen LogP contribution >= 0.6 is 11.6 Å². The highest BCUT2D eigenvalue weighted by molar-refractivity contribution is 6.31. The van der Waals surface area contributed by atoms with Gasteiger partial charge < -0.3 is 29.8 Å². The molecule has 8 nitrogen and oxygen atoms in total. The molecule has 34 heavy (non-hydrogen) atoms. The Bertz CT molecular complexity index is 1210. The fraction of sp³-hybridized carbons (Fsp3) is 0.360. The Hall–Kier alpha value is -3.07. The number of benzene rings is 1. The van der Waals surface area contributed by atoms with E-state index in [4.69, 9.17) is 25.8 Å². The molecular formula is C25H27ClN4O4. The monoisotopic (exact) mass is 482 g/mol. The molecule has 0 bridgehead atoms. The number of H-pyrrole nitrogens is 1. The molecule has 4 heterocycles.